The van der Waals surface area contributed by atoms with Crippen molar-refractivity contribution in [1.29, 1.82) is 0 Å². The molecule has 4 aromatic rings. The number of para-hydroxylation sites is 1. The Morgan fingerprint density at radius 3 is 2.19 bits per heavy atom. The summed E-state index contributed by atoms with van der Waals surface area (Å²) in [6.07, 6.45) is 0. The second-order valence-corrected chi connectivity index (χ2v) is 8.88. The molecule has 0 aliphatic carbocycles. The molecule has 2 amide bonds. The molecule has 0 saturated heterocycles. The first kappa shape index (κ1) is 24.7. The van der Waals surface area contributed by atoms with E-state index in [1.165, 1.54) is 0 Å². The summed E-state index contributed by atoms with van der Waals surface area (Å²) < 4.78 is 6.90. The molecule has 1 heterocycles. The third-order valence-corrected chi connectivity index (χ3v) is 5.59. The lowest BCUT2D eigenvalue weighted by Crippen LogP contribution is -2.40. The Morgan fingerprint density at radius 2 is 1.58 bits per heavy atom. The molecule has 0 aliphatic rings. The van der Waals surface area contributed by atoms with E-state index in [-0.39, 0.29) is 24.3 Å². The van der Waals surface area contributed by atoms with Gasteiger partial charge in [-0.15, -0.1) is 0 Å². The molecule has 3 aromatic carbocycles. The Labute approximate surface area is 211 Å². The molecule has 0 bridgehead atoms. The smallest absolute Gasteiger partial charge is 0.254 e. The van der Waals surface area contributed by atoms with E-state index in [4.69, 9.17) is 9.84 Å². The minimum Gasteiger partial charge on any atom is -0.497 e. The van der Waals surface area contributed by atoms with Gasteiger partial charge >= 0.3 is 0 Å². The monoisotopic (exact) mass is 482 g/mol. The number of hydrogen-bond acceptors (Lipinski definition) is 4. The Hall–Kier alpha value is -4.39. The lowest BCUT2D eigenvalue weighted by Gasteiger charge is -2.24. The topological polar surface area (TPSA) is 76.5 Å². The number of anilines is 1. The van der Waals surface area contributed by atoms with E-state index in [2.05, 4.69) is 5.32 Å². The lowest BCUT2D eigenvalue weighted by atomic mass is 10.1. The van der Waals surface area contributed by atoms with E-state index in [9.17, 15) is 9.59 Å². The van der Waals surface area contributed by atoms with Crippen LogP contribution in [0, 0.1) is 5.92 Å². The second kappa shape index (κ2) is 11.4. The van der Waals surface area contributed by atoms with Crippen LogP contribution in [0.4, 0.5) is 5.82 Å². The fourth-order valence-corrected chi connectivity index (χ4v) is 3.92. The highest BCUT2D eigenvalue weighted by Crippen LogP contribution is 2.25. The highest BCUT2D eigenvalue weighted by atomic mass is 16.5. The summed E-state index contributed by atoms with van der Waals surface area (Å²) in [7, 11) is 1.58. The Balaban J connectivity index is 1.58. The second-order valence-electron chi connectivity index (χ2n) is 8.88. The SMILES string of the molecule is COc1ccc(C(=O)N(CC(=O)Nc2cc(-c3ccccc3)nn2-c2ccccc2)CC(C)C)cc1. The molecule has 7 nitrogen and oxygen atoms in total. The molecular weight excluding hydrogens is 452 g/mol. The molecule has 4 rings (SSSR count). The number of hydrogen-bond donors (Lipinski definition) is 1. The first-order chi connectivity index (χ1) is 17.4. The van der Waals surface area contributed by atoms with Crippen molar-refractivity contribution in [3.63, 3.8) is 0 Å². The van der Waals surface area contributed by atoms with Crippen LogP contribution in [0.15, 0.2) is 91.0 Å². The van der Waals surface area contributed by atoms with Gasteiger partial charge in [-0.05, 0) is 42.3 Å². The highest BCUT2D eigenvalue weighted by molar-refractivity contribution is 5.99. The molecule has 0 saturated carbocycles. The van der Waals surface area contributed by atoms with Gasteiger partial charge in [0.25, 0.3) is 5.91 Å². The quantitative estimate of drug-likeness (QED) is 0.352. The van der Waals surface area contributed by atoms with Crippen LogP contribution in [-0.2, 0) is 4.79 Å². The van der Waals surface area contributed by atoms with Gasteiger partial charge in [-0.3, -0.25) is 9.59 Å². The zero-order chi connectivity index (χ0) is 25.5. The number of rotatable bonds is 9. The van der Waals surface area contributed by atoms with E-state index < -0.39 is 0 Å². The van der Waals surface area contributed by atoms with Crippen LogP contribution in [0.25, 0.3) is 16.9 Å². The Morgan fingerprint density at radius 1 is 0.944 bits per heavy atom. The van der Waals surface area contributed by atoms with Crippen LogP contribution in [0.2, 0.25) is 0 Å². The van der Waals surface area contributed by atoms with Crippen molar-refractivity contribution < 1.29 is 14.3 Å². The fourth-order valence-electron chi connectivity index (χ4n) is 3.92. The fraction of sp³-hybridized carbons (Fsp3) is 0.207. The van der Waals surface area contributed by atoms with Crippen molar-refractivity contribution in [1.82, 2.24) is 14.7 Å². The number of amides is 2. The summed E-state index contributed by atoms with van der Waals surface area (Å²) in [4.78, 5) is 28.0. The van der Waals surface area contributed by atoms with E-state index >= 15 is 0 Å². The zero-order valence-corrected chi connectivity index (χ0v) is 20.7. The largest absolute Gasteiger partial charge is 0.497 e. The van der Waals surface area contributed by atoms with E-state index in [1.54, 1.807) is 41.0 Å². The lowest BCUT2D eigenvalue weighted by molar-refractivity contribution is -0.117. The molecule has 36 heavy (non-hydrogen) atoms. The van der Waals surface area contributed by atoms with Gasteiger partial charge in [0.2, 0.25) is 5.91 Å². The van der Waals surface area contributed by atoms with Gasteiger partial charge in [0, 0.05) is 23.7 Å². The molecule has 1 aromatic heterocycles. The Bertz CT molecular complexity index is 1300. The molecule has 0 spiro atoms. The van der Waals surface area contributed by atoms with Gasteiger partial charge in [0.05, 0.1) is 18.5 Å². The maximum atomic E-state index is 13.2. The normalized spacial score (nSPS) is 10.8. The van der Waals surface area contributed by atoms with Crippen LogP contribution >= 0.6 is 0 Å². The number of aromatic nitrogens is 2. The van der Waals surface area contributed by atoms with E-state index in [1.807, 2.05) is 80.6 Å². The summed E-state index contributed by atoms with van der Waals surface area (Å²) in [5.41, 5.74) is 3.01. The summed E-state index contributed by atoms with van der Waals surface area (Å²) in [6.45, 7) is 4.40. The number of carbonyl (C=O) groups is 2. The van der Waals surface area contributed by atoms with Crippen LogP contribution < -0.4 is 10.1 Å². The molecule has 0 fully saturated rings. The number of nitrogens with zero attached hydrogens (tertiary/aromatic N) is 3. The maximum absolute atomic E-state index is 13.2. The summed E-state index contributed by atoms with van der Waals surface area (Å²) >= 11 is 0. The molecule has 1 N–H and O–H groups in total. The predicted molar refractivity (Wildman–Crippen MR) is 141 cm³/mol. The van der Waals surface area contributed by atoms with Gasteiger partial charge in [-0.25, -0.2) is 4.68 Å². The van der Waals surface area contributed by atoms with Crippen LogP contribution in [0.1, 0.15) is 24.2 Å². The Kier molecular flexibility index (Phi) is 7.80. The van der Waals surface area contributed by atoms with Crippen molar-refractivity contribution >= 4 is 17.6 Å². The van der Waals surface area contributed by atoms with E-state index in [0.29, 0.717) is 23.7 Å². The average Bonchev–Trinajstić information content (AvgIpc) is 3.32. The van der Waals surface area contributed by atoms with Crippen molar-refractivity contribution in [3.8, 4) is 22.7 Å². The third kappa shape index (κ3) is 5.99. The van der Waals surface area contributed by atoms with Crippen molar-refractivity contribution in [2.75, 3.05) is 25.5 Å². The summed E-state index contributed by atoms with van der Waals surface area (Å²) in [5, 5.41) is 7.71. The molecule has 184 valence electrons. The minimum absolute atomic E-state index is 0.0797. The van der Waals surface area contributed by atoms with Crippen molar-refractivity contribution in [3.05, 3.63) is 96.6 Å². The molecule has 0 aliphatic heterocycles. The van der Waals surface area contributed by atoms with Gasteiger partial charge in [-0.1, -0.05) is 62.4 Å². The van der Waals surface area contributed by atoms with Gasteiger partial charge in [0.15, 0.2) is 0 Å². The van der Waals surface area contributed by atoms with Crippen molar-refractivity contribution in [2.45, 2.75) is 13.8 Å². The third-order valence-electron chi connectivity index (χ3n) is 5.59. The predicted octanol–water partition coefficient (Wildman–Crippen LogP) is 5.28. The summed E-state index contributed by atoms with van der Waals surface area (Å²) in [6, 6.07) is 28.2. The maximum Gasteiger partial charge on any atom is 0.254 e. The molecule has 0 atom stereocenters. The molecule has 0 unspecified atom stereocenters. The van der Waals surface area contributed by atoms with Crippen LogP contribution in [0.5, 0.6) is 5.75 Å². The van der Waals surface area contributed by atoms with Crippen LogP contribution in [0.3, 0.4) is 0 Å². The van der Waals surface area contributed by atoms with Crippen LogP contribution in [-0.4, -0.2) is 46.7 Å². The number of benzene rings is 3. The molecular formula is C29H30N4O3. The number of methoxy groups -OCH3 is 1. The number of nitrogens with one attached hydrogen (secondary N) is 1. The zero-order valence-electron chi connectivity index (χ0n) is 20.7. The minimum atomic E-state index is -0.297. The number of ether oxygens (including phenoxy) is 1. The highest BCUT2D eigenvalue weighted by Gasteiger charge is 2.21. The summed E-state index contributed by atoms with van der Waals surface area (Å²) in [5.74, 6) is 0.895. The number of carbonyl (C=O) groups excluding carboxylic acids is 2. The standard InChI is InChI=1S/C29H30N4O3/c1-21(2)19-32(29(35)23-14-16-25(36-3)17-15-23)20-28(34)30-27-18-26(22-10-6-4-7-11-22)31-33(27)24-12-8-5-9-13-24/h4-18,21H,19-20H2,1-3H3,(H,30,34). The van der Waals surface area contributed by atoms with Gasteiger partial charge in [0.1, 0.15) is 18.1 Å². The molecule has 0 radical (unpaired) electrons. The first-order valence-electron chi connectivity index (χ1n) is 11.9. The molecule has 7 heteroatoms. The van der Waals surface area contributed by atoms with Gasteiger partial charge in [-0.2, -0.15) is 5.10 Å². The first-order valence-corrected chi connectivity index (χ1v) is 11.9. The van der Waals surface area contributed by atoms with Gasteiger partial charge < -0.3 is 15.0 Å². The average molecular weight is 483 g/mol. The van der Waals surface area contributed by atoms with E-state index in [0.717, 1.165) is 16.9 Å². The van der Waals surface area contributed by atoms with Crippen molar-refractivity contribution in [2.24, 2.45) is 5.92 Å².